The highest BCUT2D eigenvalue weighted by Gasteiger charge is 2.42. The Morgan fingerprint density at radius 2 is 1.77 bits per heavy atom. The lowest BCUT2D eigenvalue weighted by Gasteiger charge is -2.30. The highest BCUT2D eigenvalue weighted by molar-refractivity contribution is 7.80. The molecule has 4 rings (SSSR count). The average Bonchev–Trinajstić information content (AvgIpc) is 3.33. The number of anilines is 1. The summed E-state index contributed by atoms with van der Waals surface area (Å²) >= 11 is 5.81. The number of nitrogens with zero attached hydrogens (tertiary/aromatic N) is 3. The van der Waals surface area contributed by atoms with E-state index >= 15 is 0 Å². The fourth-order valence-electron chi connectivity index (χ4n) is 4.02. The molecule has 30 heavy (non-hydrogen) atoms. The van der Waals surface area contributed by atoms with Crippen LogP contribution in [-0.2, 0) is 0 Å². The maximum absolute atomic E-state index is 5.82. The first-order valence-electron chi connectivity index (χ1n) is 10.4. The molecule has 0 radical (unpaired) electrons. The molecule has 1 aliphatic rings. The summed E-state index contributed by atoms with van der Waals surface area (Å²) in [5.41, 5.74) is 3.21. The maximum Gasteiger partial charge on any atom is 0.174 e. The molecule has 0 aliphatic carbocycles. The second-order valence-electron chi connectivity index (χ2n) is 8.09. The summed E-state index contributed by atoms with van der Waals surface area (Å²) in [7, 11) is 0. The van der Waals surface area contributed by atoms with Crippen LogP contribution >= 0.6 is 12.2 Å². The van der Waals surface area contributed by atoms with Crippen molar-refractivity contribution in [3.63, 3.8) is 0 Å². The normalized spacial score (nSPS) is 18.9. The van der Waals surface area contributed by atoms with Crippen molar-refractivity contribution in [2.75, 3.05) is 4.90 Å². The summed E-state index contributed by atoms with van der Waals surface area (Å²) in [5.74, 6) is 0.857. The van der Waals surface area contributed by atoms with Crippen molar-refractivity contribution >= 4 is 23.0 Å². The van der Waals surface area contributed by atoms with Crippen LogP contribution in [0.4, 0.5) is 5.69 Å². The van der Waals surface area contributed by atoms with E-state index in [0.717, 1.165) is 17.1 Å². The Morgan fingerprint density at radius 3 is 2.40 bits per heavy atom. The molecule has 1 saturated heterocycles. The van der Waals surface area contributed by atoms with Crippen LogP contribution in [0.5, 0.6) is 5.75 Å². The zero-order valence-electron chi connectivity index (χ0n) is 17.8. The third kappa shape index (κ3) is 3.92. The molecule has 2 atom stereocenters. The van der Waals surface area contributed by atoms with Gasteiger partial charge in [0.1, 0.15) is 11.8 Å². The lowest BCUT2D eigenvalue weighted by Crippen LogP contribution is -2.30. The van der Waals surface area contributed by atoms with E-state index < -0.39 is 0 Å². The first-order valence-corrected chi connectivity index (χ1v) is 10.8. The highest BCUT2D eigenvalue weighted by atomic mass is 32.1. The Morgan fingerprint density at radius 1 is 1.00 bits per heavy atom. The van der Waals surface area contributed by atoms with Gasteiger partial charge < -0.3 is 19.5 Å². The number of pyridine rings is 1. The van der Waals surface area contributed by atoms with Crippen molar-refractivity contribution in [3.05, 3.63) is 78.4 Å². The van der Waals surface area contributed by atoms with E-state index in [-0.39, 0.29) is 18.2 Å². The van der Waals surface area contributed by atoms with E-state index in [2.05, 4.69) is 70.1 Å². The number of hydrogen-bond acceptors (Lipinski definition) is 3. The van der Waals surface area contributed by atoms with Crippen molar-refractivity contribution in [2.24, 2.45) is 0 Å². The standard InChI is InChI=1S/C24H28N4OS/c1-16(2)27-15-7-9-21(27)23-22(20-8-5-6-14-25-20)26-24(30)28(23)18-10-12-19(13-11-18)29-17(3)4/h5-17,22-23H,1-4H3,(H,26,30)/t22-,23-/m1/s1. The number of thiocarbonyl (C=S) groups is 1. The minimum Gasteiger partial charge on any atom is -0.491 e. The Labute approximate surface area is 183 Å². The van der Waals surface area contributed by atoms with E-state index in [0.29, 0.717) is 11.2 Å². The van der Waals surface area contributed by atoms with Gasteiger partial charge in [-0.3, -0.25) is 4.98 Å². The van der Waals surface area contributed by atoms with Gasteiger partial charge in [-0.25, -0.2) is 0 Å². The fourth-order valence-corrected chi connectivity index (χ4v) is 4.36. The van der Waals surface area contributed by atoms with Gasteiger partial charge in [0.25, 0.3) is 0 Å². The number of ether oxygens (including phenoxy) is 1. The lowest BCUT2D eigenvalue weighted by molar-refractivity contribution is 0.242. The molecule has 3 heterocycles. The summed E-state index contributed by atoms with van der Waals surface area (Å²) in [6.07, 6.45) is 4.11. The SMILES string of the molecule is CC(C)Oc1ccc(N2C(=S)N[C@H](c3ccccn3)[C@H]2c2cccn2C(C)C)cc1. The Kier molecular flexibility index (Phi) is 5.77. The van der Waals surface area contributed by atoms with Gasteiger partial charge in [-0.15, -0.1) is 0 Å². The topological polar surface area (TPSA) is 42.3 Å². The van der Waals surface area contributed by atoms with Gasteiger partial charge in [0.2, 0.25) is 0 Å². The van der Waals surface area contributed by atoms with E-state index in [1.54, 1.807) is 0 Å². The molecule has 6 heteroatoms. The van der Waals surface area contributed by atoms with Crippen LogP contribution < -0.4 is 15.0 Å². The lowest BCUT2D eigenvalue weighted by atomic mass is 10.0. The van der Waals surface area contributed by atoms with Crippen molar-refractivity contribution < 1.29 is 4.74 Å². The van der Waals surface area contributed by atoms with Crippen molar-refractivity contribution in [3.8, 4) is 5.75 Å². The fraction of sp³-hybridized carbons (Fsp3) is 0.333. The first-order chi connectivity index (χ1) is 14.5. The molecular formula is C24H28N4OS. The molecule has 2 aromatic heterocycles. The Bertz CT molecular complexity index is 998. The van der Waals surface area contributed by atoms with Gasteiger partial charge >= 0.3 is 0 Å². The Balaban J connectivity index is 1.77. The first kappa shape index (κ1) is 20.4. The van der Waals surface area contributed by atoms with Gasteiger partial charge in [-0.1, -0.05) is 6.07 Å². The summed E-state index contributed by atoms with van der Waals surface area (Å²) in [5, 5.41) is 4.22. The minimum absolute atomic E-state index is 0.0123. The summed E-state index contributed by atoms with van der Waals surface area (Å²) in [4.78, 5) is 6.82. The predicted molar refractivity (Wildman–Crippen MR) is 125 cm³/mol. The molecule has 1 aromatic carbocycles. The van der Waals surface area contributed by atoms with Crippen LogP contribution in [-0.4, -0.2) is 20.8 Å². The second kappa shape index (κ2) is 8.48. The molecule has 3 aromatic rings. The summed E-state index contributed by atoms with van der Waals surface area (Å²) in [6.45, 7) is 8.45. The van der Waals surface area contributed by atoms with E-state index in [9.17, 15) is 0 Å². The van der Waals surface area contributed by atoms with Crippen molar-refractivity contribution in [1.82, 2.24) is 14.9 Å². The molecule has 0 spiro atoms. The smallest absolute Gasteiger partial charge is 0.174 e. The van der Waals surface area contributed by atoms with Gasteiger partial charge in [-0.05, 0) is 88.4 Å². The molecule has 156 valence electrons. The molecule has 0 amide bonds. The van der Waals surface area contributed by atoms with E-state index in [1.807, 2.05) is 44.3 Å². The molecule has 1 aliphatic heterocycles. The summed E-state index contributed by atoms with van der Waals surface area (Å²) < 4.78 is 8.12. The van der Waals surface area contributed by atoms with E-state index in [1.165, 1.54) is 5.69 Å². The zero-order valence-corrected chi connectivity index (χ0v) is 18.6. The number of hydrogen-bond donors (Lipinski definition) is 1. The quantitative estimate of drug-likeness (QED) is 0.539. The van der Waals surface area contributed by atoms with Crippen molar-refractivity contribution in [1.29, 1.82) is 0 Å². The number of nitrogens with one attached hydrogen (secondary N) is 1. The number of aromatic nitrogens is 2. The second-order valence-corrected chi connectivity index (χ2v) is 8.48. The van der Waals surface area contributed by atoms with Crippen LogP contribution in [0.3, 0.4) is 0 Å². The number of benzene rings is 1. The van der Waals surface area contributed by atoms with Gasteiger partial charge in [-0.2, -0.15) is 0 Å². The summed E-state index contributed by atoms with van der Waals surface area (Å²) in [6, 6.07) is 18.7. The van der Waals surface area contributed by atoms with Crippen LogP contribution in [0, 0.1) is 0 Å². The molecule has 1 fully saturated rings. The third-order valence-electron chi connectivity index (χ3n) is 5.26. The zero-order chi connectivity index (χ0) is 21.3. The van der Waals surface area contributed by atoms with E-state index in [4.69, 9.17) is 17.0 Å². The van der Waals surface area contributed by atoms with Crippen LogP contribution in [0.2, 0.25) is 0 Å². The third-order valence-corrected chi connectivity index (χ3v) is 5.57. The van der Waals surface area contributed by atoms with Crippen molar-refractivity contribution in [2.45, 2.75) is 51.9 Å². The maximum atomic E-state index is 5.82. The molecule has 0 unspecified atom stereocenters. The highest BCUT2D eigenvalue weighted by Crippen LogP contribution is 2.42. The van der Waals surface area contributed by atoms with Gasteiger partial charge in [0, 0.05) is 29.8 Å². The molecule has 0 bridgehead atoms. The van der Waals surface area contributed by atoms with Gasteiger partial charge in [0.05, 0.1) is 17.8 Å². The van der Waals surface area contributed by atoms with Crippen LogP contribution in [0.15, 0.2) is 67.0 Å². The Hall–Kier alpha value is -2.86. The van der Waals surface area contributed by atoms with Crippen LogP contribution in [0.1, 0.15) is 57.2 Å². The van der Waals surface area contributed by atoms with Crippen LogP contribution in [0.25, 0.3) is 0 Å². The average molecular weight is 421 g/mol. The molecule has 0 saturated carbocycles. The molecular weight excluding hydrogens is 392 g/mol. The largest absolute Gasteiger partial charge is 0.491 e. The predicted octanol–water partition coefficient (Wildman–Crippen LogP) is 5.43. The molecule has 5 nitrogen and oxygen atoms in total. The van der Waals surface area contributed by atoms with Gasteiger partial charge in [0.15, 0.2) is 5.11 Å². The minimum atomic E-state index is -0.0438. The molecule has 1 N–H and O–H groups in total. The number of rotatable bonds is 6. The monoisotopic (exact) mass is 420 g/mol.